The number of fused-ring (bicyclic) bond motifs is 1. The summed E-state index contributed by atoms with van der Waals surface area (Å²) in [5, 5.41) is 8.96. The molecule has 0 saturated heterocycles. The number of aryl methyl sites for hydroxylation is 1. The molecule has 1 aliphatic rings. The second-order valence-corrected chi connectivity index (χ2v) is 6.07. The van der Waals surface area contributed by atoms with E-state index in [1.165, 1.54) is 19.1 Å². The fraction of sp³-hybridized carbons (Fsp3) is 0.375. The number of halogens is 4. The maximum absolute atomic E-state index is 13.4. The second kappa shape index (κ2) is 8.99. The van der Waals surface area contributed by atoms with Crippen LogP contribution in [0.1, 0.15) is 11.1 Å². The lowest BCUT2D eigenvalue weighted by atomic mass is 9.99. The van der Waals surface area contributed by atoms with Crippen molar-refractivity contribution in [3.05, 3.63) is 44.0 Å². The highest BCUT2D eigenvalue weighted by molar-refractivity contribution is 6.30. The van der Waals surface area contributed by atoms with Crippen LogP contribution in [0.5, 0.6) is 5.75 Å². The van der Waals surface area contributed by atoms with Crippen molar-refractivity contribution in [2.24, 2.45) is 0 Å². The SMILES string of the molecule is Cc1cc(Cl)cc2c1O[C@H](C(F)(F)F)C(C(=O)OCCOC(=O)CO[N+](=O)[O-])=C2. The first-order valence-electron chi connectivity index (χ1n) is 7.84. The van der Waals surface area contributed by atoms with E-state index in [1.807, 2.05) is 0 Å². The number of nitrogens with zero attached hydrogens (tertiary/aromatic N) is 1. The van der Waals surface area contributed by atoms with Gasteiger partial charge in [0.1, 0.15) is 19.0 Å². The molecule has 1 aromatic carbocycles. The second-order valence-electron chi connectivity index (χ2n) is 5.63. The summed E-state index contributed by atoms with van der Waals surface area (Å²) in [6, 6.07) is 2.75. The van der Waals surface area contributed by atoms with Crippen molar-refractivity contribution in [2.75, 3.05) is 19.8 Å². The zero-order valence-electron chi connectivity index (χ0n) is 14.7. The molecular weight excluding hydrogens is 427 g/mol. The first-order chi connectivity index (χ1) is 13.5. The number of esters is 2. The van der Waals surface area contributed by atoms with E-state index in [9.17, 15) is 32.9 Å². The Kier molecular flexibility index (Phi) is 6.90. The summed E-state index contributed by atoms with van der Waals surface area (Å²) in [6.07, 6.45) is -6.49. The Bertz CT molecular complexity index is 855. The molecule has 0 saturated carbocycles. The minimum absolute atomic E-state index is 0.0620. The predicted octanol–water partition coefficient (Wildman–Crippen LogP) is 2.65. The molecule has 0 amide bonds. The Hall–Kier alpha value is -3.02. The predicted molar refractivity (Wildman–Crippen MR) is 89.5 cm³/mol. The number of alkyl halides is 3. The molecule has 1 atom stereocenters. The molecule has 0 aliphatic carbocycles. The first-order valence-corrected chi connectivity index (χ1v) is 8.22. The van der Waals surface area contributed by atoms with E-state index in [2.05, 4.69) is 14.3 Å². The average molecular weight is 440 g/mol. The van der Waals surface area contributed by atoms with Gasteiger partial charge in [0.2, 0.25) is 6.10 Å². The molecule has 158 valence electrons. The van der Waals surface area contributed by atoms with E-state index in [1.54, 1.807) is 0 Å². The van der Waals surface area contributed by atoms with Crippen molar-refractivity contribution in [1.29, 1.82) is 0 Å². The van der Waals surface area contributed by atoms with E-state index < -0.39 is 54.7 Å². The first kappa shape index (κ1) is 22.3. The highest BCUT2D eigenvalue weighted by Gasteiger charge is 2.49. The number of carbonyl (C=O) groups is 2. The fourth-order valence-electron chi connectivity index (χ4n) is 2.38. The Morgan fingerprint density at radius 1 is 1.28 bits per heavy atom. The van der Waals surface area contributed by atoms with Gasteiger partial charge in [0, 0.05) is 10.6 Å². The summed E-state index contributed by atoms with van der Waals surface area (Å²) in [6.45, 7) is -0.607. The number of ether oxygens (including phenoxy) is 3. The van der Waals surface area contributed by atoms with Crippen LogP contribution in [-0.2, 0) is 23.9 Å². The summed E-state index contributed by atoms with van der Waals surface area (Å²) < 4.78 is 54.2. The van der Waals surface area contributed by atoms with Crippen LogP contribution in [-0.4, -0.2) is 49.1 Å². The van der Waals surface area contributed by atoms with Crippen LogP contribution < -0.4 is 4.74 Å². The number of rotatable bonds is 7. The van der Waals surface area contributed by atoms with Gasteiger partial charge in [-0.1, -0.05) is 11.6 Å². The van der Waals surface area contributed by atoms with Crippen LogP contribution >= 0.6 is 11.6 Å². The Morgan fingerprint density at radius 2 is 1.93 bits per heavy atom. The van der Waals surface area contributed by atoms with Crippen LogP contribution in [0.25, 0.3) is 6.08 Å². The Labute approximate surface area is 166 Å². The van der Waals surface area contributed by atoms with E-state index >= 15 is 0 Å². The maximum Gasteiger partial charge on any atom is 0.430 e. The normalized spacial score (nSPS) is 15.5. The molecule has 2 rings (SSSR count). The van der Waals surface area contributed by atoms with Crippen molar-refractivity contribution in [3.8, 4) is 5.75 Å². The zero-order chi connectivity index (χ0) is 21.8. The lowest BCUT2D eigenvalue weighted by Crippen LogP contribution is -2.41. The molecular formula is C16H13ClF3NO8. The van der Waals surface area contributed by atoms with Gasteiger partial charge in [-0.05, 0) is 30.7 Å². The quantitative estimate of drug-likeness (QED) is 0.276. The topological polar surface area (TPSA) is 114 Å². The average Bonchev–Trinajstić information content (AvgIpc) is 2.61. The van der Waals surface area contributed by atoms with Gasteiger partial charge < -0.3 is 19.0 Å². The van der Waals surface area contributed by atoms with Crippen LogP contribution in [0.4, 0.5) is 13.2 Å². The molecule has 0 aromatic heterocycles. The zero-order valence-corrected chi connectivity index (χ0v) is 15.4. The summed E-state index contributed by atoms with van der Waals surface area (Å²) >= 11 is 5.89. The van der Waals surface area contributed by atoms with Crippen molar-refractivity contribution >= 4 is 29.6 Å². The highest BCUT2D eigenvalue weighted by atomic mass is 35.5. The van der Waals surface area contributed by atoms with E-state index in [-0.39, 0.29) is 16.3 Å². The third-order valence-electron chi connectivity index (χ3n) is 3.50. The van der Waals surface area contributed by atoms with Gasteiger partial charge in [0.25, 0.3) is 5.09 Å². The summed E-state index contributed by atoms with van der Waals surface area (Å²) in [4.78, 5) is 36.9. The third kappa shape index (κ3) is 5.98. The molecule has 1 aliphatic heterocycles. The standard InChI is InChI=1S/C16H13ClF3NO8/c1-8-4-10(17)5-9-6-11(14(16(18,19)20)29-13(8)9)15(23)27-3-2-26-12(22)7-28-21(24)25/h4-6,14H,2-3,7H2,1H3/t14-/m0/s1. The van der Waals surface area contributed by atoms with Gasteiger partial charge in [0.05, 0.1) is 5.57 Å². The molecule has 29 heavy (non-hydrogen) atoms. The lowest BCUT2D eigenvalue weighted by molar-refractivity contribution is -0.754. The molecule has 0 bridgehead atoms. The Balaban J connectivity index is 2.06. The van der Waals surface area contributed by atoms with Crippen LogP contribution in [0.2, 0.25) is 5.02 Å². The molecule has 13 heteroatoms. The van der Waals surface area contributed by atoms with E-state index in [0.717, 1.165) is 6.08 Å². The van der Waals surface area contributed by atoms with Crippen molar-refractivity contribution in [2.45, 2.75) is 19.2 Å². The number of hydrogen-bond donors (Lipinski definition) is 0. The van der Waals surface area contributed by atoms with E-state index in [0.29, 0.717) is 5.56 Å². The fourth-order valence-corrected chi connectivity index (χ4v) is 2.66. The summed E-state index contributed by atoms with van der Waals surface area (Å²) in [5.41, 5.74) is -0.283. The number of carbonyl (C=O) groups excluding carboxylic acids is 2. The minimum atomic E-state index is -4.90. The molecule has 0 N–H and O–H groups in total. The van der Waals surface area contributed by atoms with Gasteiger partial charge in [0.15, 0.2) is 6.61 Å². The molecule has 0 spiro atoms. The molecule has 9 nitrogen and oxygen atoms in total. The van der Waals surface area contributed by atoms with Gasteiger partial charge >= 0.3 is 18.1 Å². The van der Waals surface area contributed by atoms with Crippen LogP contribution in [0.3, 0.4) is 0 Å². The van der Waals surface area contributed by atoms with Gasteiger partial charge in [-0.25, -0.2) is 9.59 Å². The van der Waals surface area contributed by atoms with Gasteiger partial charge in [-0.15, -0.1) is 10.1 Å². The smallest absolute Gasteiger partial charge is 0.430 e. The number of benzene rings is 1. The molecule has 0 unspecified atom stereocenters. The lowest BCUT2D eigenvalue weighted by Gasteiger charge is -2.29. The largest absolute Gasteiger partial charge is 0.475 e. The maximum atomic E-state index is 13.4. The monoisotopic (exact) mass is 439 g/mol. The number of hydrogen-bond acceptors (Lipinski definition) is 8. The van der Waals surface area contributed by atoms with Crippen LogP contribution in [0.15, 0.2) is 17.7 Å². The summed E-state index contributed by atoms with van der Waals surface area (Å²) in [7, 11) is 0. The van der Waals surface area contributed by atoms with E-state index in [4.69, 9.17) is 16.3 Å². The van der Waals surface area contributed by atoms with Crippen molar-refractivity contribution < 1.29 is 46.9 Å². The summed E-state index contributed by atoms with van der Waals surface area (Å²) in [5.74, 6) is -2.52. The highest BCUT2D eigenvalue weighted by Crippen LogP contribution is 2.40. The van der Waals surface area contributed by atoms with Gasteiger partial charge in [-0.3, -0.25) is 0 Å². The molecule has 0 radical (unpaired) electrons. The Morgan fingerprint density at radius 3 is 2.55 bits per heavy atom. The van der Waals surface area contributed by atoms with Crippen molar-refractivity contribution in [1.82, 2.24) is 0 Å². The molecule has 1 aromatic rings. The minimum Gasteiger partial charge on any atom is -0.475 e. The van der Waals surface area contributed by atoms with Crippen molar-refractivity contribution in [3.63, 3.8) is 0 Å². The van der Waals surface area contributed by atoms with Crippen LogP contribution in [0, 0.1) is 17.0 Å². The molecule has 1 heterocycles. The third-order valence-corrected chi connectivity index (χ3v) is 3.72. The molecule has 0 fully saturated rings. The van der Waals surface area contributed by atoms with Gasteiger partial charge in [-0.2, -0.15) is 13.2 Å².